The normalized spacial score (nSPS) is 13.6. The van der Waals surface area contributed by atoms with Crippen LogP contribution in [0.3, 0.4) is 0 Å². The number of benzene rings is 2. The monoisotopic (exact) mass is 379 g/mol. The highest BCUT2D eigenvalue weighted by atomic mass is 32.2. The molecule has 7 heteroatoms. The number of hydrogen-bond acceptors (Lipinski definition) is 5. The van der Waals surface area contributed by atoms with Crippen molar-refractivity contribution in [2.75, 3.05) is 11.1 Å². The number of anilines is 1. The molecule has 1 N–H and O–H groups in total. The minimum Gasteiger partial charge on any atom is -0.325 e. The Hall–Kier alpha value is -2.67. The van der Waals surface area contributed by atoms with Crippen LogP contribution >= 0.6 is 11.8 Å². The van der Waals surface area contributed by atoms with Gasteiger partial charge in [0.2, 0.25) is 5.91 Å². The number of amides is 1. The molecular weight excluding hydrogens is 358 g/mol. The Labute approximate surface area is 162 Å². The number of aromatic nitrogens is 4. The van der Waals surface area contributed by atoms with Crippen LogP contribution in [0.15, 0.2) is 47.4 Å². The van der Waals surface area contributed by atoms with E-state index in [2.05, 4.69) is 52.9 Å². The van der Waals surface area contributed by atoms with Gasteiger partial charge in [-0.1, -0.05) is 29.8 Å². The van der Waals surface area contributed by atoms with Gasteiger partial charge >= 0.3 is 0 Å². The molecule has 1 amide bonds. The third-order valence-corrected chi connectivity index (χ3v) is 5.65. The van der Waals surface area contributed by atoms with Crippen LogP contribution in [0.4, 0.5) is 5.69 Å². The van der Waals surface area contributed by atoms with Gasteiger partial charge in [0.1, 0.15) is 0 Å². The number of nitrogens with one attached hydrogen (secondary N) is 1. The van der Waals surface area contributed by atoms with Gasteiger partial charge in [-0.05, 0) is 60.9 Å². The molecule has 3 aromatic rings. The van der Waals surface area contributed by atoms with E-state index in [1.54, 1.807) is 11.8 Å². The number of hydrogen-bond donors (Lipinski definition) is 1. The van der Waals surface area contributed by atoms with Crippen LogP contribution in [0.5, 0.6) is 0 Å². The lowest BCUT2D eigenvalue weighted by Crippen LogP contribution is -2.14. The first-order chi connectivity index (χ1) is 13.1. The number of nitrogens with zero attached hydrogens (tertiary/aromatic N) is 4. The fraction of sp³-hybridized carbons (Fsp3) is 0.300. The zero-order chi connectivity index (χ0) is 18.8. The molecule has 0 aliphatic heterocycles. The van der Waals surface area contributed by atoms with Crippen molar-refractivity contribution in [1.29, 1.82) is 0 Å². The van der Waals surface area contributed by atoms with E-state index >= 15 is 0 Å². The number of rotatable bonds is 6. The van der Waals surface area contributed by atoms with Gasteiger partial charge in [0.15, 0.2) is 5.82 Å². The summed E-state index contributed by atoms with van der Waals surface area (Å²) in [6.45, 7) is 4.12. The van der Waals surface area contributed by atoms with E-state index in [4.69, 9.17) is 0 Å². The van der Waals surface area contributed by atoms with Crippen molar-refractivity contribution in [3.05, 3.63) is 53.6 Å². The SMILES string of the molecule is Cc1ccc(C)c(SCC(=O)Nc2cccc(-c3nnnn3C3CC3)c2)c1. The van der Waals surface area contributed by atoms with E-state index in [0.717, 1.165) is 34.8 Å². The average Bonchev–Trinajstić information content (AvgIpc) is 3.39. The molecule has 27 heavy (non-hydrogen) atoms. The molecule has 138 valence electrons. The lowest BCUT2D eigenvalue weighted by molar-refractivity contribution is -0.113. The molecule has 4 rings (SSSR count). The highest BCUT2D eigenvalue weighted by molar-refractivity contribution is 8.00. The summed E-state index contributed by atoms with van der Waals surface area (Å²) in [4.78, 5) is 13.5. The predicted molar refractivity (Wildman–Crippen MR) is 107 cm³/mol. The maximum Gasteiger partial charge on any atom is 0.234 e. The van der Waals surface area contributed by atoms with Crippen molar-refractivity contribution in [2.24, 2.45) is 0 Å². The summed E-state index contributed by atoms with van der Waals surface area (Å²) >= 11 is 1.56. The van der Waals surface area contributed by atoms with E-state index in [1.807, 2.05) is 28.9 Å². The van der Waals surface area contributed by atoms with Crippen LogP contribution in [-0.4, -0.2) is 31.9 Å². The van der Waals surface area contributed by atoms with Gasteiger partial charge < -0.3 is 5.32 Å². The third kappa shape index (κ3) is 4.19. The van der Waals surface area contributed by atoms with Gasteiger partial charge in [0, 0.05) is 16.1 Å². The number of aryl methyl sites for hydroxylation is 2. The first-order valence-electron chi connectivity index (χ1n) is 8.98. The summed E-state index contributed by atoms with van der Waals surface area (Å²) in [6, 6.07) is 14.4. The summed E-state index contributed by atoms with van der Waals surface area (Å²) < 4.78 is 1.87. The Bertz CT molecular complexity index is 980. The highest BCUT2D eigenvalue weighted by Crippen LogP contribution is 2.36. The molecule has 1 heterocycles. The number of thioether (sulfide) groups is 1. The molecular formula is C20H21N5OS. The second kappa shape index (κ2) is 7.52. The van der Waals surface area contributed by atoms with Gasteiger partial charge in [0.25, 0.3) is 0 Å². The lowest BCUT2D eigenvalue weighted by Gasteiger charge is -2.09. The van der Waals surface area contributed by atoms with E-state index in [-0.39, 0.29) is 5.91 Å². The van der Waals surface area contributed by atoms with E-state index < -0.39 is 0 Å². The van der Waals surface area contributed by atoms with Crippen LogP contribution in [0.2, 0.25) is 0 Å². The van der Waals surface area contributed by atoms with Gasteiger partial charge in [-0.25, -0.2) is 4.68 Å². The molecule has 0 saturated heterocycles. The summed E-state index contributed by atoms with van der Waals surface area (Å²) in [7, 11) is 0. The number of tetrazole rings is 1. The van der Waals surface area contributed by atoms with Crippen LogP contribution < -0.4 is 5.32 Å². The topological polar surface area (TPSA) is 72.7 Å². The smallest absolute Gasteiger partial charge is 0.234 e. The maximum absolute atomic E-state index is 12.4. The van der Waals surface area contributed by atoms with Crippen molar-refractivity contribution in [3.8, 4) is 11.4 Å². The van der Waals surface area contributed by atoms with E-state index in [9.17, 15) is 4.79 Å². The van der Waals surface area contributed by atoms with Crippen molar-refractivity contribution in [1.82, 2.24) is 20.2 Å². The standard InChI is InChI=1S/C20H21N5OS/c1-13-6-7-14(2)18(10-13)27-12-19(26)21-16-5-3-4-15(11-16)20-22-23-24-25(20)17-8-9-17/h3-7,10-11,17H,8-9,12H2,1-2H3,(H,21,26). The van der Waals surface area contributed by atoms with Crippen LogP contribution in [0.25, 0.3) is 11.4 Å². The molecule has 6 nitrogen and oxygen atoms in total. The Morgan fingerprint density at radius 1 is 1.22 bits per heavy atom. The average molecular weight is 379 g/mol. The molecule has 0 radical (unpaired) electrons. The first kappa shape index (κ1) is 17.7. The molecule has 1 aliphatic carbocycles. The van der Waals surface area contributed by atoms with Crippen molar-refractivity contribution in [3.63, 3.8) is 0 Å². The lowest BCUT2D eigenvalue weighted by atomic mass is 10.2. The maximum atomic E-state index is 12.4. The number of carbonyl (C=O) groups is 1. The van der Waals surface area contributed by atoms with Crippen LogP contribution in [0, 0.1) is 13.8 Å². The Balaban J connectivity index is 1.42. The third-order valence-electron chi connectivity index (χ3n) is 4.49. The van der Waals surface area contributed by atoms with Gasteiger partial charge in [-0.3, -0.25) is 4.79 Å². The summed E-state index contributed by atoms with van der Waals surface area (Å²) in [5, 5.41) is 15.0. The second-order valence-electron chi connectivity index (χ2n) is 6.86. The van der Waals surface area contributed by atoms with E-state index in [1.165, 1.54) is 11.1 Å². The highest BCUT2D eigenvalue weighted by Gasteiger charge is 2.28. The van der Waals surface area contributed by atoms with Gasteiger partial charge in [-0.2, -0.15) is 0 Å². The van der Waals surface area contributed by atoms with Crippen LogP contribution in [0.1, 0.15) is 30.0 Å². The molecule has 0 unspecified atom stereocenters. The molecule has 0 atom stereocenters. The van der Waals surface area contributed by atoms with Crippen LogP contribution in [-0.2, 0) is 4.79 Å². The van der Waals surface area contributed by atoms with Crippen molar-refractivity contribution in [2.45, 2.75) is 37.6 Å². The van der Waals surface area contributed by atoms with Crippen molar-refractivity contribution >= 4 is 23.4 Å². The zero-order valence-corrected chi connectivity index (χ0v) is 16.2. The quantitative estimate of drug-likeness (QED) is 0.655. The summed E-state index contributed by atoms with van der Waals surface area (Å²) in [5.41, 5.74) is 4.05. The molecule has 0 bridgehead atoms. The Morgan fingerprint density at radius 2 is 2.07 bits per heavy atom. The molecule has 1 aliphatic rings. The van der Waals surface area contributed by atoms with Crippen molar-refractivity contribution < 1.29 is 4.79 Å². The van der Waals surface area contributed by atoms with Gasteiger partial charge in [-0.15, -0.1) is 16.9 Å². The fourth-order valence-electron chi connectivity index (χ4n) is 2.89. The molecule has 0 spiro atoms. The predicted octanol–water partition coefficient (Wildman–Crippen LogP) is 4.02. The molecule has 1 fully saturated rings. The molecule has 1 aromatic heterocycles. The summed E-state index contributed by atoms with van der Waals surface area (Å²) in [5.74, 6) is 1.09. The first-order valence-corrected chi connectivity index (χ1v) is 9.97. The van der Waals surface area contributed by atoms with E-state index in [0.29, 0.717) is 11.8 Å². The zero-order valence-electron chi connectivity index (χ0n) is 15.3. The fourth-order valence-corrected chi connectivity index (χ4v) is 3.81. The Morgan fingerprint density at radius 3 is 2.89 bits per heavy atom. The molecule has 1 saturated carbocycles. The number of carbonyl (C=O) groups excluding carboxylic acids is 1. The molecule has 2 aromatic carbocycles. The van der Waals surface area contributed by atoms with Gasteiger partial charge in [0.05, 0.1) is 11.8 Å². The summed E-state index contributed by atoms with van der Waals surface area (Å²) in [6.07, 6.45) is 2.23. The largest absolute Gasteiger partial charge is 0.325 e. The Kier molecular flexibility index (Phi) is 4.94. The minimum atomic E-state index is -0.0279. The second-order valence-corrected chi connectivity index (χ2v) is 7.88. The minimum absolute atomic E-state index is 0.0279.